The summed E-state index contributed by atoms with van der Waals surface area (Å²) in [6.45, 7) is 0. The van der Waals surface area contributed by atoms with E-state index in [1.54, 1.807) is 42.5 Å². The molecule has 0 aliphatic heterocycles. The molecule has 144 valence electrons. The molecule has 0 saturated heterocycles. The minimum absolute atomic E-state index is 0.192. The number of hydrogen-bond donors (Lipinski definition) is 0. The number of rotatable bonds is 5. The molecule has 0 N–H and O–H groups in total. The van der Waals surface area contributed by atoms with E-state index in [4.69, 9.17) is 11.6 Å². The second-order valence-electron chi connectivity index (χ2n) is 5.65. The van der Waals surface area contributed by atoms with E-state index < -0.39 is 17.4 Å². The number of halogens is 4. The zero-order chi connectivity index (χ0) is 20.3. The van der Waals surface area contributed by atoms with Crippen molar-refractivity contribution in [2.24, 2.45) is 0 Å². The fraction of sp³-hybridized carbons (Fsp3) is 0.105. The standard InChI is InChI=1S/C19H12ClF3N2O2S/c20-13-8-6-12(7-9-13)15(26)11-28-18-24-16(19(21,22)23)10-17(27)25(18)14-4-2-1-3-5-14/h1-10H,11H2. The second-order valence-corrected chi connectivity index (χ2v) is 7.03. The van der Waals surface area contributed by atoms with Crippen LogP contribution in [-0.4, -0.2) is 21.1 Å². The Labute approximate surface area is 167 Å². The van der Waals surface area contributed by atoms with Crippen LogP contribution in [0.5, 0.6) is 0 Å². The number of Topliss-reactive ketones (excluding diaryl/α,β-unsaturated/α-hetero) is 1. The zero-order valence-electron chi connectivity index (χ0n) is 14.1. The summed E-state index contributed by atoms with van der Waals surface area (Å²) in [4.78, 5) is 28.3. The quantitative estimate of drug-likeness (QED) is 0.333. The maximum atomic E-state index is 13.1. The summed E-state index contributed by atoms with van der Waals surface area (Å²) in [5, 5.41) is 0.245. The van der Waals surface area contributed by atoms with Crippen molar-refractivity contribution in [2.45, 2.75) is 11.3 Å². The van der Waals surface area contributed by atoms with Crippen LogP contribution in [0, 0.1) is 0 Å². The molecule has 2 aromatic carbocycles. The molecule has 0 atom stereocenters. The average Bonchev–Trinajstić information content (AvgIpc) is 2.66. The first kappa shape index (κ1) is 20.2. The van der Waals surface area contributed by atoms with E-state index in [2.05, 4.69) is 4.98 Å². The van der Waals surface area contributed by atoms with Gasteiger partial charge in [-0.3, -0.25) is 14.2 Å². The average molecular weight is 425 g/mol. The van der Waals surface area contributed by atoms with E-state index in [1.165, 1.54) is 12.1 Å². The smallest absolute Gasteiger partial charge is 0.293 e. The van der Waals surface area contributed by atoms with Gasteiger partial charge in [-0.05, 0) is 36.4 Å². The Kier molecular flexibility index (Phi) is 5.90. The molecular formula is C19H12ClF3N2O2S. The van der Waals surface area contributed by atoms with E-state index in [0.717, 1.165) is 16.3 Å². The number of benzene rings is 2. The summed E-state index contributed by atoms with van der Waals surface area (Å²) in [6, 6.07) is 14.7. The summed E-state index contributed by atoms with van der Waals surface area (Å²) in [7, 11) is 0. The molecule has 28 heavy (non-hydrogen) atoms. The molecule has 0 amide bonds. The largest absolute Gasteiger partial charge is 0.433 e. The van der Waals surface area contributed by atoms with Crippen LogP contribution >= 0.6 is 23.4 Å². The van der Waals surface area contributed by atoms with Gasteiger partial charge in [0.1, 0.15) is 0 Å². The molecule has 0 aliphatic rings. The van der Waals surface area contributed by atoms with E-state index in [-0.39, 0.29) is 16.7 Å². The maximum absolute atomic E-state index is 13.1. The Morgan fingerprint density at radius 2 is 1.71 bits per heavy atom. The molecule has 0 aliphatic carbocycles. The molecule has 0 spiro atoms. The summed E-state index contributed by atoms with van der Waals surface area (Å²) < 4.78 is 40.3. The van der Waals surface area contributed by atoms with Crippen molar-refractivity contribution in [1.29, 1.82) is 0 Å². The highest BCUT2D eigenvalue weighted by atomic mass is 35.5. The lowest BCUT2D eigenvalue weighted by Crippen LogP contribution is -2.25. The Hall–Kier alpha value is -2.58. The highest BCUT2D eigenvalue weighted by molar-refractivity contribution is 7.99. The maximum Gasteiger partial charge on any atom is 0.433 e. The molecule has 0 unspecified atom stereocenters. The third-order valence-electron chi connectivity index (χ3n) is 3.69. The highest BCUT2D eigenvalue weighted by Crippen LogP contribution is 2.29. The van der Waals surface area contributed by atoms with Gasteiger partial charge in [-0.25, -0.2) is 4.98 Å². The molecule has 0 saturated carbocycles. The van der Waals surface area contributed by atoms with Crippen LogP contribution in [0.2, 0.25) is 5.02 Å². The van der Waals surface area contributed by atoms with Gasteiger partial charge in [0.05, 0.1) is 11.4 Å². The van der Waals surface area contributed by atoms with Crippen molar-refractivity contribution in [2.75, 3.05) is 5.75 Å². The third-order valence-corrected chi connectivity index (χ3v) is 4.88. The number of aromatic nitrogens is 2. The van der Waals surface area contributed by atoms with Crippen LogP contribution < -0.4 is 5.56 Å². The van der Waals surface area contributed by atoms with Gasteiger partial charge in [0.15, 0.2) is 16.6 Å². The Morgan fingerprint density at radius 1 is 1.07 bits per heavy atom. The molecule has 4 nitrogen and oxygen atoms in total. The molecule has 0 radical (unpaired) electrons. The number of para-hydroxylation sites is 1. The van der Waals surface area contributed by atoms with Gasteiger partial charge in [0.25, 0.3) is 5.56 Å². The van der Waals surface area contributed by atoms with Crippen molar-refractivity contribution in [3.05, 3.63) is 87.3 Å². The molecule has 9 heteroatoms. The van der Waals surface area contributed by atoms with Crippen LogP contribution in [-0.2, 0) is 6.18 Å². The summed E-state index contributed by atoms with van der Waals surface area (Å²) in [5.41, 5.74) is -1.46. The first-order valence-corrected chi connectivity index (χ1v) is 9.30. The number of ketones is 1. The van der Waals surface area contributed by atoms with E-state index >= 15 is 0 Å². The van der Waals surface area contributed by atoms with Crippen LogP contribution in [0.25, 0.3) is 5.69 Å². The molecule has 3 aromatic rings. The third kappa shape index (κ3) is 4.63. The van der Waals surface area contributed by atoms with Gasteiger partial charge < -0.3 is 0 Å². The van der Waals surface area contributed by atoms with Gasteiger partial charge in [-0.15, -0.1) is 0 Å². The number of carbonyl (C=O) groups is 1. The lowest BCUT2D eigenvalue weighted by atomic mass is 10.1. The van der Waals surface area contributed by atoms with Crippen LogP contribution in [0.4, 0.5) is 13.2 Å². The van der Waals surface area contributed by atoms with E-state index in [9.17, 15) is 22.8 Å². The van der Waals surface area contributed by atoms with Crippen LogP contribution in [0.1, 0.15) is 16.1 Å². The van der Waals surface area contributed by atoms with E-state index in [0.29, 0.717) is 22.3 Å². The highest BCUT2D eigenvalue weighted by Gasteiger charge is 2.34. The molecule has 1 aromatic heterocycles. The second kappa shape index (κ2) is 8.20. The van der Waals surface area contributed by atoms with Gasteiger partial charge >= 0.3 is 6.18 Å². The Balaban J connectivity index is 1.97. The topological polar surface area (TPSA) is 52.0 Å². The Bertz CT molecular complexity index is 1050. The monoisotopic (exact) mass is 424 g/mol. The molecule has 0 fully saturated rings. The molecule has 1 heterocycles. The molecule has 3 rings (SSSR count). The van der Waals surface area contributed by atoms with Gasteiger partial charge in [-0.1, -0.05) is 41.6 Å². The van der Waals surface area contributed by atoms with Crippen molar-refractivity contribution in [3.8, 4) is 5.69 Å². The van der Waals surface area contributed by atoms with Crippen molar-refractivity contribution < 1.29 is 18.0 Å². The van der Waals surface area contributed by atoms with E-state index in [1.807, 2.05) is 0 Å². The predicted octanol–water partition coefficient (Wildman–Crippen LogP) is 4.88. The summed E-state index contributed by atoms with van der Waals surface area (Å²) in [6.07, 6.45) is -4.77. The van der Waals surface area contributed by atoms with Crippen molar-refractivity contribution in [3.63, 3.8) is 0 Å². The first-order chi connectivity index (χ1) is 13.3. The minimum atomic E-state index is -4.77. The lowest BCUT2D eigenvalue weighted by Gasteiger charge is -2.14. The lowest BCUT2D eigenvalue weighted by molar-refractivity contribution is -0.141. The normalized spacial score (nSPS) is 11.4. The van der Waals surface area contributed by atoms with Crippen LogP contribution in [0.3, 0.4) is 0 Å². The van der Waals surface area contributed by atoms with Crippen LogP contribution in [0.15, 0.2) is 70.6 Å². The number of carbonyl (C=O) groups excluding carboxylic acids is 1. The molecular weight excluding hydrogens is 413 g/mol. The minimum Gasteiger partial charge on any atom is -0.293 e. The number of thioether (sulfide) groups is 1. The van der Waals surface area contributed by atoms with Crippen molar-refractivity contribution in [1.82, 2.24) is 9.55 Å². The zero-order valence-corrected chi connectivity index (χ0v) is 15.7. The Morgan fingerprint density at radius 3 is 2.32 bits per heavy atom. The van der Waals surface area contributed by atoms with Gasteiger partial charge in [0.2, 0.25) is 0 Å². The number of hydrogen-bond acceptors (Lipinski definition) is 4. The fourth-order valence-electron chi connectivity index (χ4n) is 2.37. The number of alkyl halides is 3. The summed E-state index contributed by atoms with van der Waals surface area (Å²) in [5.74, 6) is -0.518. The predicted molar refractivity (Wildman–Crippen MR) is 101 cm³/mol. The van der Waals surface area contributed by atoms with Gasteiger partial charge in [0, 0.05) is 16.7 Å². The molecule has 0 bridgehead atoms. The first-order valence-electron chi connectivity index (χ1n) is 7.94. The number of nitrogens with zero attached hydrogens (tertiary/aromatic N) is 2. The fourth-order valence-corrected chi connectivity index (χ4v) is 3.41. The summed E-state index contributed by atoms with van der Waals surface area (Å²) >= 11 is 6.55. The SMILES string of the molecule is O=C(CSc1nc(C(F)(F)F)cc(=O)n1-c1ccccc1)c1ccc(Cl)cc1. The van der Waals surface area contributed by atoms with Gasteiger partial charge in [-0.2, -0.15) is 13.2 Å². The van der Waals surface area contributed by atoms with Crippen molar-refractivity contribution >= 4 is 29.1 Å².